The fourth-order valence-corrected chi connectivity index (χ4v) is 3.07. The monoisotopic (exact) mass is 470 g/mol. The van der Waals surface area contributed by atoms with Crippen LogP contribution in [0.2, 0.25) is 0 Å². The second-order valence-corrected chi connectivity index (χ2v) is 7.40. The van der Waals surface area contributed by atoms with Crippen molar-refractivity contribution in [2.45, 2.75) is 25.0 Å². The number of anilines is 2. The molecule has 2 aromatic heterocycles. The Kier molecular flexibility index (Phi) is 6.72. The number of hydrogen-bond acceptors (Lipinski definition) is 10. The summed E-state index contributed by atoms with van der Waals surface area (Å²) in [6.45, 7) is 0.208. The molecule has 8 N–H and O–H groups in total. The van der Waals surface area contributed by atoms with Crippen molar-refractivity contribution in [3.05, 3.63) is 52.1 Å². The third-order valence-electron chi connectivity index (χ3n) is 5.09. The first-order chi connectivity index (χ1) is 16.0. The smallest absolute Gasteiger partial charge is 0.344 e. The van der Waals surface area contributed by atoms with E-state index < -0.39 is 41.9 Å². The van der Waals surface area contributed by atoms with Crippen LogP contribution in [-0.2, 0) is 16.1 Å². The molecule has 0 spiro atoms. The van der Waals surface area contributed by atoms with Crippen LogP contribution in [0.3, 0.4) is 0 Å². The van der Waals surface area contributed by atoms with Crippen molar-refractivity contribution >= 4 is 40.6 Å². The zero-order valence-electron chi connectivity index (χ0n) is 18.0. The van der Waals surface area contributed by atoms with Gasteiger partial charge >= 0.3 is 11.9 Å². The maximum Gasteiger partial charge on any atom is 0.344 e. The van der Waals surface area contributed by atoms with Gasteiger partial charge in [0.2, 0.25) is 5.95 Å². The second-order valence-electron chi connectivity index (χ2n) is 7.40. The number of fused-ring (bicyclic) bond motifs is 1. The van der Waals surface area contributed by atoms with Crippen LogP contribution in [0.1, 0.15) is 28.9 Å². The Morgan fingerprint density at radius 3 is 2.47 bits per heavy atom. The standard InChI is InChI=1S/C20H22N8O6/c1-28(20(22,18(33)34)7-6-13(29)30)17(32)10-2-4-11(5-3-10)23-8-12-9-24-15-14(25-12)16(31)27-19(21)26-15/h2-5,9,23H,6-8,22H2,1H3,(H,29,30)(H,33,34)(H3,21,24,26,27,31)/t20-/m0/s1. The van der Waals surface area contributed by atoms with E-state index in [9.17, 15) is 24.3 Å². The van der Waals surface area contributed by atoms with Crippen LogP contribution in [0.25, 0.3) is 11.2 Å². The Morgan fingerprint density at radius 1 is 1.18 bits per heavy atom. The second kappa shape index (κ2) is 9.50. The highest BCUT2D eigenvalue weighted by atomic mass is 16.4. The molecule has 0 aliphatic rings. The number of benzene rings is 1. The Balaban J connectivity index is 1.70. The van der Waals surface area contributed by atoms with E-state index in [4.69, 9.17) is 16.6 Å². The van der Waals surface area contributed by atoms with E-state index in [2.05, 4.69) is 25.3 Å². The quantitative estimate of drug-likeness (QED) is 0.219. The van der Waals surface area contributed by atoms with Gasteiger partial charge in [0.15, 0.2) is 16.8 Å². The summed E-state index contributed by atoms with van der Waals surface area (Å²) in [6.07, 6.45) is 0.464. The molecule has 3 rings (SSSR count). The molecule has 0 aliphatic carbocycles. The lowest BCUT2D eigenvalue weighted by Gasteiger charge is -2.34. The number of nitrogens with zero attached hydrogens (tertiary/aromatic N) is 4. The number of aliphatic carboxylic acids is 2. The molecule has 14 heteroatoms. The molecule has 2 heterocycles. The number of nitrogens with two attached hydrogens (primary N) is 2. The van der Waals surface area contributed by atoms with Crippen LogP contribution in [0.4, 0.5) is 11.6 Å². The average Bonchev–Trinajstić information content (AvgIpc) is 2.80. The number of aromatic amines is 1. The summed E-state index contributed by atoms with van der Waals surface area (Å²) < 4.78 is 0. The van der Waals surface area contributed by atoms with Crippen molar-refractivity contribution in [3.8, 4) is 0 Å². The van der Waals surface area contributed by atoms with E-state index in [0.717, 1.165) is 4.90 Å². The van der Waals surface area contributed by atoms with E-state index in [1.165, 1.54) is 25.4 Å². The highest BCUT2D eigenvalue weighted by Gasteiger charge is 2.41. The molecule has 0 saturated carbocycles. The fourth-order valence-electron chi connectivity index (χ4n) is 3.07. The van der Waals surface area contributed by atoms with Crippen LogP contribution in [0.15, 0.2) is 35.3 Å². The molecule has 0 unspecified atom stereocenters. The average molecular weight is 470 g/mol. The summed E-state index contributed by atoms with van der Waals surface area (Å²) >= 11 is 0. The first-order valence-electron chi connectivity index (χ1n) is 9.89. The number of H-pyrrole nitrogens is 1. The van der Waals surface area contributed by atoms with Crippen molar-refractivity contribution in [2.24, 2.45) is 5.73 Å². The Bertz CT molecular complexity index is 1310. The van der Waals surface area contributed by atoms with Crippen molar-refractivity contribution in [1.29, 1.82) is 0 Å². The summed E-state index contributed by atoms with van der Waals surface area (Å²) in [5.74, 6) is -3.49. The lowest BCUT2D eigenvalue weighted by Crippen LogP contribution is -2.62. The third kappa shape index (κ3) is 5.07. The van der Waals surface area contributed by atoms with Crippen molar-refractivity contribution < 1.29 is 24.6 Å². The highest BCUT2D eigenvalue weighted by molar-refractivity contribution is 5.97. The van der Waals surface area contributed by atoms with Gasteiger partial charge < -0.3 is 26.2 Å². The summed E-state index contributed by atoms with van der Waals surface area (Å²) in [4.78, 5) is 62.5. The summed E-state index contributed by atoms with van der Waals surface area (Å²) in [5, 5.41) is 21.4. The van der Waals surface area contributed by atoms with E-state index in [1.807, 2.05) is 0 Å². The molecule has 0 fully saturated rings. The lowest BCUT2D eigenvalue weighted by atomic mass is 10.0. The number of amides is 1. The number of carboxylic acids is 2. The maximum absolute atomic E-state index is 12.8. The molecule has 14 nitrogen and oxygen atoms in total. The zero-order valence-corrected chi connectivity index (χ0v) is 18.0. The van der Waals surface area contributed by atoms with Crippen LogP contribution in [0.5, 0.6) is 0 Å². The minimum atomic E-state index is -2.18. The summed E-state index contributed by atoms with van der Waals surface area (Å²) in [7, 11) is 1.20. The van der Waals surface area contributed by atoms with E-state index in [0.29, 0.717) is 11.4 Å². The van der Waals surface area contributed by atoms with Crippen molar-refractivity contribution in [1.82, 2.24) is 24.8 Å². The number of carbonyl (C=O) groups excluding carboxylic acids is 1. The highest BCUT2D eigenvalue weighted by Crippen LogP contribution is 2.19. The molecule has 178 valence electrons. The molecule has 0 radical (unpaired) electrons. The number of rotatable bonds is 9. The molecule has 0 saturated heterocycles. The van der Waals surface area contributed by atoms with Gasteiger partial charge in [0, 0.05) is 31.1 Å². The normalized spacial score (nSPS) is 12.6. The molecular weight excluding hydrogens is 448 g/mol. The van der Waals surface area contributed by atoms with E-state index in [1.54, 1.807) is 12.1 Å². The number of hydrogen-bond donors (Lipinski definition) is 6. The van der Waals surface area contributed by atoms with Crippen LogP contribution < -0.4 is 22.3 Å². The van der Waals surface area contributed by atoms with Gasteiger partial charge in [-0.2, -0.15) is 4.98 Å². The summed E-state index contributed by atoms with van der Waals surface area (Å²) in [5.41, 5.74) is 10.0. The Morgan fingerprint density at radius 2 is 1.85 bits per heavy atom. The van der Waals surface area contributed by atoms with Crippen LogP contribution in [0, 0.1) is 0 Å². The number of nitrogens with one attached hydrogen (secondary N) is 2. The van der Waals surface area contributed by atoms with Gasteiger partial charge in [-0.05, 0) is 24.3 Å². The minimum Gasteiger partial charge on any atom is -0.481 e. The first kappa shape index (κ1) is 24.1. The third-order valence-corrected chi connectivity index (χ3v) is 5.09. The van der Waals surface area contributed by atoms with Gasteiger partial charge in [0.05, 0.1) is 18.4 Å². The largest absolute Gasteiger partial charge is 0.481 e. The summed E-state index contributed by atoms with van der Waals surface area (Å²) in [6, 6.07) is 6.09. The molecule has 1 atom stereocenters. The Labute approximate surface area is 191 Å². The van der Waals surface area contributed by atoms with E-state index in [-0.39, 0.29) is 29.2 Å². The predicted molar refractivity (Wildman–Crippen MR) is 120 cm³/mol. The van der Waals surface area contributed by atoms with Crippen molar-refractivity contribution in [3.63, 3.8) is 0 Å². The Hall–Kier alpha value is -4.59. The van der Waals surface area contributed by atoms with Gasteiger partial charge in [-0.3, -0.25) is 25.1 Å². The molecular formula is C20H22N8O6. The molecule has 3 aromatic rings. The number of carboxylic acid groups (broad SMARTS) is 2. The number of likely N-dealkylation sites (N-methyl/N-ethyl adjacent to an activating group) is 1. The van der Waals surface area contributed by atoms with Gasteiger partial charge in [0.25, 0.3) is 11.5 Å². The number of aromatic nitrogens is 4. The number of nitrogen functional groups attached to an aromatic ring is 1. The van der Waals surface area contributed by atoms with Gasteiger partial charge in [-0.15, -0.1) is 0 Å². The van der Waals surface area contributed by atoms with Gasteiger partial charge in [-0.25, -0.2) is 14.8 Å². The SMILES string of the molecule is CN(C(=O)c1ccc(NCc2cnc3nc(N)[nH]c(=O)c3n2)cc1)[C@@](N)(CCC(=O)O)C(=O)O. The van der Waals surface area contributed by atoms with Gasteiger partial charge in [-0.1, -0.05) is 0 Å². The topological polar surface area (TPSA) is 231 Å². The maximum atomic E-state index is 12.8. The zero-order chi connectivity index (χ0) is 25.0. The van der Waals surface area contributed by atoms with Crippen LogP contribution >= 0.6 is 0 Å². The molecule has 0 aliphatic heterocycles. The number of carbonyl (C=O) groups is 3. The lowest BCUT2D eigenvalue weighted by molar-refractivity contribution is -0.150. The van der Waals surface area contributed by atoms with Gasteiger partial charge in [0.1, 0.15) is 0 Å². The fraction of sp³-hybridized carbons (Fsp3) is 0.250. The first-order valence-corrected chi connectivity index (χ1v) is 9.89. The molecule has 34 heavy (non-hydrogen) atoms. The molecule has 1 amide bonds. The van der Waals surface area contributed by atoms with Crippen LogP contribution in [-0.4, -0.2) is 65.6 Å². The minimum absolute atomic E-state index is 0.0454. The molecule has 1 aromatic carbocycles. The molecule has 0 bridgehead atoms. The van der Waals surface area contributed by atoms with E-state index >= 15 is 0 Å². The van der Waals surface area contributed by atoms with Crippen molar-refractivity contribution in [2.75, 3.05) is 18.1 Å². The predicted octanol–water partition coefficient (Wildman–Crippen LogP) is -0.416.